The second-order valence-electron chi connectivity index (χ2n) is 4.02. The van der Waals surface area contributed by atoms with Gasteiger partial charge in [0.1, 0.15) is 0 Å². The van der Waals surface area contributed by atoms with Crippen LogP contribution in [0.3, 0.4) is 0 Å². The van der Waals surface area contributed by atoms with Gasteiger partial charge in [-0.3, -0.25) is 4.28 Å². The summed E-state index contributed by atoms with van der Waals surface area (Å²) in [7, 11) is -3.64. The number of aliphatic hydroxyl groups excluding tert-OH is 1. The van der Waals surface area contributed by atoms with Gasteiger partial charge in [-0.2, -0.15) is 8.42 Å². The van der Waals surface area contributed by atoms with Gasteiger partial charge in [0, 0.05) is 0 Å². The maximum Gasteiger partial charge on any atom is 0.325 e. The molecular weight excluding hydrogens is 266 g/mol. The molecule has 6 heteroatoms. The number of rotatable bonds is 7. The van der Waals surface area contributed by atoms with Gasteiger partial charge in [0.15, 0.2) is 0 Å². The van der Waals surface area contributed by atoms with E-state index in [-0.39, 0.29) is 0 Å². The molecule has 0 aliphatic carbocycles. The van der Waals surface area contributed by atoms with Gasteiger partial charge in [-0.1, -0.05) is 41.6 Å². The lowest BCUT2D eigenvalue weighted by Gasteiger charge is -2.08. The van der Waals surface area contributed by atoms with Crippen LogP contribution in [0, 0.1) is 0 Å². The Bertz CT molecular complexity index is 537. The first-order chi connectivity index (χ1) is 8.92. The SMILES string of the molecule is C=CC(O)CCC(=NOS(C)(=O)=O)c1ccccc1. The molecule has 0 fully saturated rings. The summed E-state index contributed by atoms with van der Waals surface area (Å²) in [6.45, 7) is 3.48. The molecule has 0 bridgehead atoms. The molecule has 1 aromatic carbocycles. The first-order valence-corrected chi connectivity index (χ1v) is 7.55. The number of hydrogen-bond acceptors (Lipinski definition) is 5. The van der Waals surface area contributed by atoms with Gasteiger partial charge in [-0.15, -0.1) is 6.58 Å². The predicted molar refractivity (Wildman–Crippen MR) is 74.3 cm³/mol. The summed E-state index contributed by atoms with van der Waals surface area (Å²) in [6, 6.07) is 9.07. The van der Waals surface area contributed by atoms with Crippen molar-refractivity contribution < 1.29 is 17.8 Å². The minimum absolute atomic E-state index is 0.382. The van der Waals surface area contributed by atoms with Crippen LogP contribution >= 0.6 is 0 Å². The fourth-order valence-corrected chi connectivity index (χ4v) is 1.61. The van der Waals surface area contributed by atoms with Crippen LogP contribution in [0.2, 0.25) is 0 Å². The molecular formula is C13H17NO4S. The van der Waals surface area contributed by atoms with Gasteiger partial charge in [-0.25, -0.2) is 0 Å². The summed E-state index contributed by atoms with van der Waals surface area (Å²) in [5.41, 5.74) is 1.22. The van der Waals surface area contributed by atoms with E-state index in [1.807, 2.05) is 18.2 Å². The number of nitrogens with zero attached hydrogens (tertiary/aromatic N) is 1. The lowest BCUT2D eigenvalue weighted by molar-refractivity contribution is 0.215. The summed E-state index contributed by atoms with van der Waals surface area (Å²) >= 11 is 0. The highest BCUT2D eigenvalue weighted by atomic mass is 32.2. The minimum atomic E-state index is -3.64. The quantitative estimate of drug-likeness (QED) is 0.469. The third-order valence-electron chi connectivity index (χ3n) is 2.34. The molecule has 0 radical (unpaired) electrons. The van der Waals surface area contributed by atoms with Crippen molar-refractivity contribution in [1.29, 1.82) is 0 Å². The molecule has 5 nitrogen and oxygen atoms in total. The molecule has 1 unspecified atom stereocenters. The van der Waals surface area contributed by atoms with E-state index in [4.69, 9.17) is 0 Å². The molecule has 0 spiro atoms. The lowest BCUT2D eigenvalue weighted by Crippen LogP contribution is -2.09. The lowest BCUT2D eigenvalue weighted by atomic mass is 10.0. The van der Waals surface area contributed by atoms with E-state index in [1.165, 1.54) is 6.08 Å². The summed E-state index contributed by atoms with van der Waals surface area (Å²) < 4.78 is 26.4. The maximum atomic E-state index is 11.0. The zero-order valence-corrected chi connectivity index (χ0v) is 11.5. The van der Waals surface area contributed by atoms with Gasteiger partial charge < -0.3 is 5.11 Å². The molecule has 0 heterocycles. The van der Waals surface area contributed by atoms with E-state index in [1.54, 1.807) is 12.1 Å². The number of hydrogen-bond donors (Lipinski definition) is 1. The first-order valence-electron chi connectivity index (χ1n) is 5.74. The van der Waals surface area contributed by atoms with Gasteiger partial charge in [0.05, 0.1) is 18.1 Å². The highest BCUT2D eigenvalue weighted by molar-refractivity contribution is 7.85. The van der Waals surface area contributed by atoms with Gasteiger partial charge >= 0.3 is 10.1 Å². The van der Waals surface area contributed by atoms with Crippen LogP contribution in [-0.2, 0) is 14.4 Å². The molecule has 1 atom stereocenters. The average molecular weight is 283 g/mol. The summed E-state index contributed by atoms with van der Waals surface area (Å²) in [5.74, 6) is 0. The first kappa shape index (κ1) is 15.4. The Hall–Kier alpha value is -1.66. The maximum absolute atomic E-state index is 11.0. The van der Waals surface area contributed by atoms with Crippen LogP contribution < -0.4 is 0 Å². The molecule has 0 aliphatic rings. The van der Waals surface area contributed by atoms with Gasteiger partial charge in [-0.05, 0) is 18.4 Å². The van der Waals surface area contributed by atoms with Crippen molar-refractivity contribution in [3.8, 4) is 0 Å². The Labute approximate surface area is 113 Å². The van der Waals surface area contributed by atoms with Crippen LogP contribution in [0.25, 0.3) is 0 Å². The highest BCUT2D eigenvalue weighted by Crippen LogP contribution is 2.10. The standard InChI is InChI=1S/C13H17NO4S/c1-3-12(15)9-10-13(14-18-19(2,16)17)11-7-5-4-6-8-11/h3-8,12,15H,1,9-10H2,2H3. The Morgan fingerprint density at radius 1 is 1.47 bits per heavy atom. The van der Waals surface area contributed by atoms with E-state index in [0.717, 1.165) is 11.8 Å². The minimum Gasteiger partial charge on any atom is -0.389 e. The smallest absolute Gasteiger partial charge is 0.325 e. The van der Waals surface area contributed by atoms with Crippen LogP contribution in [0.1, 0.15) is 18.4 Å². The zero-order valence-electron chi connectivity index (χ0n) is 10.7. The molecule has 0 amide bonds. The Kier molecular flexibility index (Phi) is 5.72. The fraction of sp³-hybridized carbons (Fsp3) is 0.308. The summed E-state index contributed by atoms with van der Waals surface area (Å²) in [4.78, 5) is 0. The summed E-state index contributed by atoms with van der Waals surface area (Å²) in [6.07, 6.45) is 2.46. The van der Waals surface area contributed by atoms with Crippen molar-refractivity contribution in [1.82, 2.24) is 0 Å². The Balaban J connectivity index is 2.88. The van der Waals surface area contributed by atoms with Crippen LogP contribution in [-0.4, -0.2) is 31.6 Å². The molecule has 1 aromatic rings. The molecule has 0 saturated carbocycles. The molecule has 19 heavy (non-hydrogen) atoms. The van der Waals surface area contributed by atoms with Crippen molar-refractivity contribution in [2.45, 2.75) is 18.9 Å². The molecule has 0 aromatic heterocycles. The van der Waals surface area contributed by atoms with Crippen molar-refractivity contribution in [3.63, 3.8) is 0 Å². The highest BCUT2D eigenvalue weighted by Gasteiger charge is 2.09. The largest absolute Gasteiger partial charge is 0.389 e. The van der Waals surface area contributed by atoms with Crippen molar-refractivity contribution >= 4 is 15.8 Å². The fourth-order valence-electron chi connectivity index (χ4n) is 1.39. The number of aliphatic hydroxyl groups is 1. The van der Waals surface area contributed by atoms with Crippen LogP contribution in [0.15, 0.2) is 48.1 Å². The number of benzene rings is 1. The molecule has 1 rings (SSSR count). The van der Waals surface area contributed by atoms with E-state index in [0.29, 0.717) is 18.6 Å². The Morgan fingerprint density at radius 3 is 2.63 bits per heavy atom. The predicted octanol–water partition coefficient (Wildman–Crippen LogP) is 1.69. The second kappa shape index (κ2) is 7.06. The molecule has 104 valence electrons. The van der Waals surface area contributed by atoms with E-state index >= 15 is 0 Å². The van der Waals surface area contributed by atoms with E-state index < -0.39 is 16.2 Å². The third-order valence-corrected chi connectivity index (χ3v) is 2.68. The molecule has 0 aliphatic heterocycles. The van der Waals surface area contributed by atoms with Crippen molar-refractivity contribution in [2.24, 2.45) is 5.16 Å². The summed E-state index contributed by atoms with van der Waals surface area (Å²) in [5, 5.41) is 13.1. The van der Waals surface area contributed by atoms with Crippen LogP contribution in [0.4, 0.5) is 0 Å². The third kappa shape index (κ3) is 6.17. The van der Waals surface area contributed by atoms with E-state index in [2.05, 4.69) is 16.0 Å². The molecule has 1 N–H and O–H groups in total. The molecule has 0 saturated heterocycles. The topological polar surface area (TPSA) is 76.0 Å². The Morgan fingerprint density at radius 2 is 2.11 bits per heavy atom. The second-order valence-corrected chi connectivity index (χ2v) is 5.58. The number of oxime groups is 1. The normalized spacial score (nSPS) is 13.9. The van der Waals surface area contributed by atoms with Gasteiger partial charge in [0.25, 0.3) is 0 Å². The average Bonchev–Trinajstić information content (AvgIpc) is 2.38. The zero-order chi connectivity index (χ0) is 14.3. The van der Waals surface area contributed by atoms with Crippen LogP contribution in [0.5, 0.6) is 0 Å². The van der Waals surface area contributed by atoms with Crippen molar-refractivity contribution in [3.05, 3.63) is 48.6 Å². The monoisotopic (exact) mass is 283 g/mol. The van der Waals surface area contributed by atoms with Gasteiger partial charge in [0.2, 0.25) is 0 Å². The van der Waals surface area contributed by atoms with Crippen molar-refractivity contribution in [2.75, 3.05) is 6.26 Å². The van der Waals surface area contributed by atoms with E-state index in [9.17, 15) is 13.5 Å².